The summed E-state index contributed by atoms with van der Waals surface area (Å²) in [6.07, 6.45) is 15.2. The number of hydrogen-bond acceptors (Lipinski definition) is 14. The number of rotatable bonds is 12. The van der Waals surface area contributed by atoms with Gasteiger partial charge in [0.15, 0.2) is 13.2 Å². The highest BCUT2D eigenvalue weighted by Crippen LogP contribution is 2.45. The molecule has 5 rings (SSSR count). The number of nitrogens with zero attached hydrogens (tertiary/aromatic N) is 2. The molecule has 2 N–H and O–H groups in total. The Balaban J connectivity index is 1.51. The highest BCUT2D eigenvalue weighted by molar-refractivity contribution is 7.57. The lowest BCUT2D eigenvalue weighted by Gasteiger charge is -2.44. The molecule has 1 aliphatic carbocycles. The topological polar surface area (TPSA) is 188 Å². The van der Waals surface area contributed by atoms with E-state index in [0.29, 0.717) is 89.4 Å². The van der Waals surface area contributed by atoms with Crippen LogP contribution in [0.4, 0.5) is 5.69 Å². The first kappa shape index (κ1) is 64.0. The molecule has 3 aliphatic heterocycles. The predicted molar refractivity (Wildman–Crippen MR) is 302 cm³/mol. The number of esters is 1. The maximum absolute atomic E-state index is 14.7. The molecule has 77 heavy (non-hydrogen) atoms. The van der Waals surface area contributed by atoms with Crippen LogP contribution in [0.2, 0.25) is 0 Å². The van der Waals surface area contributed by atoms with E-state index < -0.39 is 73.1 Å². The van der Waals surface area contributed by atoms with Crippen molar-refractivity contribution in [2.24, 2.45) is 35.5 Å². The third-order valence-corrected chi connectivity index (χ3v) is 17.4. The van der Waals surface area contributed by atoms with Crippen LogP contribution in [0.3, 0.4) is 0 Å². The van der Waals surface area contributed by atoms with Crippen molar-refractivity contribution in [1.82, 2.24) is 4.90 Å². The SMILES string of the molecule is COCCN(c1ccccc1)C1C[C@@H]2CC[C@@H](C)[C@@](O)(O2)C(=O)C(=O)N2CCCC[C@H]2C(=O)O[C@H]([C@H](C)C[C@H]2CC[C@@H](OP(C)(C)=O)[C@H](OC)C2)CC[C@H](C)/C=C(\C)[C@@H](O)[C@@H](OC)C(=O)[C@H](C)C[C@H](C)/C=C/C=C/C=C/1C. The molecular weight excluding hydrogens is 1000 g/mol. The molecule has 1 unspecified atom stereocenters. The van der Waals surface area contributed by atoms with Crippen molar-refractivity contribution in [2.75, 3.05) is 59.3 Å². The number of carbonyl (C=O) groups is 4. The van der Waals surface area contributed by atoms with Crippen LogP contribution in [-0.2, 0) is 52.0 Å². The lowest BCUT2D eigenvalue weighted by molar-refractivity contribution is -0.263. The van der Waals surface area contributed by atoms with Gasteiger partial charge >= 0.3 is 5.97 Å². The zero-order valence-corrected chi connectivity index (χ0v) is 49.4. The van der Waals surface area contributed by atoms with Crippen LogP contribution in [0.5, 0.6) is 0 Å². The zero-order chi connectivity index (χ0) is 56.6. The van der Waals surface area contributed by atoms with Crippen LogP contribution in [0.25, 0.3) is 0 Å². The molecule has 0 radical (unpaired) electrons. The van der Waals surface area contributed by atoms with Gasteiger partial charge in [-0.3, -0.25) is 18.9 Å². The molecule has 1 amide bonds. The second-order valence-corrected chi connectivity index (χ2v) is 26.0. The normalized spacial score (nSPS) is 36.1. The standard InChI is InChI=1S/C61H95N2O13P/c1-40-21-15-13-16-22-42(3)51(62(33-34-71-8)48-23-17-14-18-24-48)39-49-29-27-46(7)61(69,75-49)58(66)59(67)63-32-20-19-25-50(63)60(68)74-52(43(4)37-47-28-31-53(54(38-47)72-9)76-77(11,12)70)30-26-41(2)36-45(6)56(65)57(73-10)55(64)44(5)35-40/h13-18,21-24,36,40-41,43-44,46-47,49-54,56-57,65,69H,19-20,25-35,37-39H2,1-12H3/b16-13+,21-15+,42-22+,45-36+/t40-,41+,43-,44-,46-,47-,49+,50+,51?,52+,53-,54-,56-,57+,61-/m1/s1. The second kappa shape index (κ2) is 30.1. The maximum atomic E-state index is 14.7. The van der Waals surface area contributed by atoms with Gasteiger partial charge in [0.1, 0.15) is 24.4 Å². The fraction of sp³-hybridized carbons (Fsp3) is 0.705. The first-order valence-electron chi connectivity index (χ1n) is 28.5. The molecule has 1 aromatic rings. The molecule has 15 atom stereocenters. The van der Waals surface area contributed by atoms with Gasteiger partial charge in [0.05, 0.1) is 31.0 Å². The lowest BCUT2D eigenvalue weighted by Crippen LogP contribution is -2.61. The number of amides is 1. The van der Waals surface area contributed by atoms with E-state index in [1.807, 2.05) is 81.5 Å². The molecule has 432 valence electrons. The van der Waals surface area contributed by atoms with Gasteiger partial charge in [-0.15, -0.1) is 0 Å². The number of fused-ring (bicyclic) bond motifs is 3. The van der Waals surface area contributed by atoms with E-state index in [-0.39, 0.29) is 60.7 Å². The van der Waals surface area contributed by atoms with E-state index in [1.165, 1.54) is 12.0 Å². The van der Waals surface area contributed by atoms with E-state index in [2.05, 4.69) is 24.8 Å². The van der Waals surface area contributed by atoms with E-state index in [1.54, 1.807) is 41.4 Å². The number of ether oxygens (including phenoxy) is 5. The number of allylic oxidation sites excluding steroid dienone is 6. The number of aliphatic hydroxyl groups is 2. The smallest absolute Gasteiger partial charge is 0.329 e. The van der Waals surface area contributed by atoms with Gasteiger partial charge in [-0.2, -0.15) is 0 Å². The number of aliphatic hydroxyl groups excluding tert-OH is 1. The summed E-state index contributed by atoms with van der Waals surface area (Å²) < 4.78 is 48.9. The Bertz CT molecular complexity index is 2250. The summed E-state index contributed by atoms with van der Waals surface area (Å²) >= 11 is 0. The molecule has 3 heterocycles. The number of Topliss-reactive ketones (excluding diaryl/α,β-unsaturated/α-hetero) is 2. The molecule has 3 fully saturated rings. The minimum atomic E-state index is -2.76. The molecule has 0 aromatic heterocycles. The molecule has 2 saturated heterocycles. The number of benzene rings is 1. The quantitative estimate of drug-likeness (QED) is 0.0871. The fourth-order valence-corrected chi connectivity index (χ4v) is 13.0. The molecule has 0 spiro atoms. The number of para-hydroxylation sites is 1. The minimum absolute atomic E-state index is 0.0358. The molecule has 1 saturated carbocycles. The van der Waals surface area contributed by atoms with Gasteiger partial charge in [0.2, 0.25) is 5.79 Å². The minimum Gasteiger partial charge on any atom is -0.461 e. The van der Waals surface area contributed by atoms with Crippen LogP contribution in [0, 0.1) is 35.5 Å². The second-order valence-electron chi connectivity index (χ2n) is 23.3. The summed E-state index contributed by atoms with van der Waals surface area (Å²) in [6, 6.07) is 8.65. The van der Waals surface area contributed by atoms with Crippen molar-refractivity contribution < 1.29 is 62.2 Å². The van der Waals surface area contributed by atoms with E-state index in [9.17, 15) is 34.0 Å². The monoisotopic (exact) mass is 1090 g/mol. The zero-order valence-electron chi connectivity index (χ0n) is 48.5. The molecule has 2 bridgehead atoms. The summed E-state index contributed by atoms with van der Waals surface area (Å²) in [5, 5.41) is 24.1. The third kappa shape index (κ3) is 18.1. The molecule has 1 aromatic carbocycles. The molecule has 4 aliphatic rings. The Morgan fingerprint density at radius 2 is 1.56 bits per heavy atom. The average molecular weight is 1100 g/mol. The van der Waals surface area contributed by atoms with Crippen LogP contribution < -0.4 is 4.90 Å². The van der Waals surface area contributed by atoms with Crippen LogP contribution in [0.1, 0.15) is 132 Å². The Labute approximate surface area is 461 Å². The van der Waals surface area contributed by atoms with Crippen LogP contribution in [-0.4, -0.2) is 147 Å². The van der Waals surface area contributed by atoms with Crippen LogP contribution >= 0.6 is 7.37 Å². The maximum Gasteiger partial charge on any atom is 0.329 e. The summed E-state index contributed by atoms with van der Waals surface area (Å²) in [4.78, 5) is 61.5. The van der Waals surface area contributed by atoms with Crippen molar-refractivity contribution in [1.29, 1.82) is 0 Å². The Morgan fingerprint density at radius 1 is 0.831 bits per heavy atom. The lowest BCUT2D eigenvalue weighted by atomic mass is 9.78. The number of methoxy groups -OCH3 is 3. The fourth-order valence-electron chi connectivity index (χ4n) is 12.1. The number of hydrogen-bond donors (Lipinski definition) is 2. The number of piperidine rings is 1. The van der Waals surface area contributed by atoms with Gasteiger partial charge in [-0.05, 0) is 139 Å². The van der Waals surface area contributed by atoms with Crippen molar-refractivity contribution >= 4 is 36.5 Å². The number of carbonyl (C=O) groups excluding carboxylic acids is 4. The van der Waals surface area contributed by atoms with E-state index >= 15 is 0 Å². The number of cyclic esters (lactones) is 1. The summed E-state index contributed by atoms with van der Waals surface area (Å²) in [7, 11) is 1.99. The Hall–Kier alpha value is -3.79. The summed E-state index contributed by atoms with van der Waals surface area (Å²) in [5.74, 6) is -6.39. The van der Waals surface area contributed by atoms with Gasteiger partial charge in [0.25, 0.3) is 11.7 Å². The summed E-state index contributed by atoms with van der Waals surface area (Å²) in [5.41, 5.74) is 2.55. The van der Waals surface area contributed by atoms with E-state index in [0.717, 1.165) is 17.7 Å². The van der Waals surface area contributed by atoms with Gasteiger partial charge in [-0.1, -0.05) is 94.8 Å². The molecule has 15 nitrogen and oxygen atoms in total. The van der Waals surface area contributed by atoms with Crippen LogP contribution in [0.15, 0.2) is 77.9 Å². The first-order valence-corrected chi connectivity index (χ1v) is 31.0. The van der Waals surface area contributed by atoms with Crippen molar-refractivity contribution in [3.05, 3.63) is 77.9 Å². The summed E-state index contributed by atoms with van der Waals surface area (Å²) in [6.45, 7) is 17.9. The highest BCUT2D eigenvalue weighted by Gasteiger charge is 2.53. The predicted octanol–water partition coefficient (Wildman–Crippen LogP) is 10.1. The van der Waals surface area contributed by atoms with Crippen molar-refractivity contribution in [3.8, 4) is 0 Å². The van der Waals surface area contributed by atoms with E-state index in [4.69, 9.17) is 28.2 Å². The highest BCUT2D eigenvalue weighted by atomic mass is 31.2. The Kier molecular flexibility index (Phi) is 25.1. The largest absolute Gasteiger partial charge is 0.461 e. The van der Waals surface area contributed by atoms with Gasteiger partial charge in [-0.25, -0.2) is 4.79 Å². The number of ketones is 2. The van der Waals surface area contributed by atoms with Gasteiger partial charge < -0.3 is 48.2 Å². The molecule has 16 heteroatoms. The van der Waals surface area contributed by atoms with Gasteiger partial charge in [0, 0.05) is 65.3 Å². The van der Waals surface area contributed by atoms with Crippen molar-refractivity contribution in [3.63, 3.8) is 0 Å². The third-order valence-electron chi connectivity index (χ3n) is 16.6. The molecular formula is C61H95N2O13P. The Morgan fingerprint density at radius 3 is 2.23 bits per heavy atom. The number of anilines is 1. The first-order chi connectivity index (χ1) is 36.5. The van der Waals surface area contributed by atoms with Crippen molar-refractivity contribution in [2.45, 2.75) is 186 Å². The average Bonchev–Trinajstić information content (AvgIpc) is 3.41.